The molecule has 0 aliphatic heterocycles. The summed E-state index contributed by atoms with van der Waals surface area (Å²) in [5, 5.41) is 0. The van der Waals surface area contributed by atoms with Crippen molar-refractivity contribution in [2.75, 3.05) is 24.9 Å². The normalized spacial score (nSPS) is 14.5. The summed E-state index contributed by atoms with van der Waals surface area (Å²) in [4.78, 5) is 8.67. The van der Waals surface area contributed by atoms with Crippen LogP contribution in [-0.2, 0) is 10.8 Å². The number of nitrogens with two attached hydrogens (primary N) is 1. The average Bonchev–Trinajstić information content (AvgIpc) is 2.70. The molecule has 0 aliphatic rings. The van der Waals surface area contributed by atoms with E-state index >= 15 is 0 Å². The Hall–Kier alpha value is -1.63. The number of anilines is 1. The molecule has 2 aromatic heterocycles. The number of nitrogen functional groups attached to an aromatic ring is 1. The highest BCUT2D eigenvalue weighted by Crippen LogP contribution is 2.25. The number of imidazole rings is 1. The Morgan fingerprint density at radius 1 is 1.47 bits per heavy atom. The lowest BCUT2D eigenvalue weighted by Gasteiger charge is -2.14. The van der Waals surface area contributed by atoms with Gasteiger partial charge < -0.3 is 10.5 Å². The average molecular weight is 282 g/mol. The lowest BCUT2D eigenvalue weighted by Crippen LogP contribution is -2.12. The van der Waals surface area contributed by atoms with Crippen LogP contribution in [0.2, 0.25) is 0 Å². The number of hydrogen-bond donors (Lipinski definition) is 1. The number of hydrogen-bond acceptors (Lipinski definition) is 5. The van der Waals surface area contributed by atoms with Gasteiger partial charge in [-0.05, 0) is 19.4 Å². The number of fused-ring (bicyclic) bond motifs is 1. The minimum absolute atomic E-state index is 0.0912. The molecule has 2 N–H and O–H groups in total. The van der Waals surface area contributed by atoms with Gasteiger partial charge in [-0.3, -0.25) is 8.78 Å². The van der Waals surface area contributed by atoms with Crippen molar-refractivity contribution < 1.29 is 8.95 Å². The summed E-state index contributed by atoms with van der Waals surface area (Å²) < 4.78 is 18.2. The van der Waals surface area contributed by atoms with Crippen molar-refractivity contribution in [3.8, 4) is 5.88 Å². The second kappa shape index (κ2) is 5.56. The Morgan fingerprint density at radius 3 is 2.84 bits per heavy atom. The van der Waals surface area contributed by atoms with Crippen molar-refractivity contribution in [2.45, 2.75) is 19.4 Å². The summed E-state index contributed by atoms with van der Waals surface area (Å²) in [5.74, 6) is 1.58. The van der Waals surface area contributed by atoms with Crippen LogP contribution in [0.5, 0.6) is 5.88 Å². The summed E-state index contributed by atoms with van der Waals surface area (Å²) in [7, 11) is 0.758. The van der Waals surface area contributed by atoms with Gasteiger partial charge in [0, 0.05) is 34.9 Å². The van der Waals surface area contributed by atoms with Gasteiger partial charge in [0.05, 0.1) is 7.11 Å². The van der Waals surface area contributed by atoms with E-state index in [2.05, 4.69) is 9.97 Å². The highest BCUT2D eigenvalue weighted by atomic mass is 32.2. The van der Waals surface area contributed by atoms with E-state index in [1.165, 1.54) is 0 Å². The molecule has 0 amide bonds. The molecular formula is C12H18N4O2S. The molecule has 0 spiro atoms. The first kappa shape index (κ1) is 13.8. The minimum atomic E-state index is -0.814. The Kier molecular flexibility index (Phi) is 4.04. The lowest BCUT2D eigenvalue weighted by atomic mass is 10.2. The summed E-state index contributed by atoms with van der Waals surface area (Å²) in [6, 6.07) is 3.68. The van der Waals surface area contributed by atoms with Crippen molar-refractivity contribution in [3.63, 3.8) is 0 Å². The molecule has 2 heterocycles. The summed E-state index contributed by atoms with van der Waals surface area (Å²) in [6.07, 6.45) is 2.46. The Labute approximate surface area is 114 Å². The van der Waals surface area contributed by atoms with Gasteiger partial charge in [0.25, 0.3) is 0 Å². The molecular weight excluding hydrogens is 264 g/mol. The number of methoxy groups -OCH3 is 1. The van der Waals surface area contributed by atoms with Gasteiger partial charge in [-0.2, -0.15) is 4.98 Å². The number of pyridine rings is 1. The first-order valence-corrected chi connectivity index (χ1v) is 7.74. The van der Waals surface area contributed by atoms with E-state index in [0.717, 1.165) is 11.9 Å². The van der Waals surface area contributed by atoms with Crippen LogP contribution in [-0.4, -0.2) is 37.9 Å². The number of ether oxygens (including phenoxy) is 1. The summed E-state index contributed by atoms with van der Waals surface area (Å²) in [5.41, 5.74) is 7.39. The maximum Gasteiger partial charge on any atom is 0.215 e. The zero-order valence-electron chi connectivity index (χ0n) is 11.3. The molecule has 0 aliphatic carbocycles. The van der Waals surface area contributed by atoms with Gasteiger partial charge in [0.2, 0.25) is 11.8 Å². The van der Waals surface area contributed by atoms with E-state index in [1.807, 2.05) is 17.6 Å². The van der Waals surface area contributed by atoms with Crippen LogP contribution in [0.1, 0.15) is 19.4 Å². The molecule has 104 valence electrons. The van der Waals surface area contributed by atoms with Crippen LogP contribution < -0.4 is 10.5 Å². The molecule has 7 heteroatoms. The van der Waals surface area contributed by atoms with Crippen molar-refractivity contribution in [3.05, 3.63) is 12.1 Å². The second-order valence-electron chi connectivity index (χ2n) is 4.45. The largest absolute Gasteiger partial charge is 0.481 e. The monoisotopic (exact) mass is 282 g/mol. The molecule has 19 heavy (non-hydrogen) atoms. The van der Waals surface area contributed by atoms with Crippen LogP contribution in [0.25, 0.3) is 11.2 Å². The second-order valence-corrected chi connectivity index (χ2v) is 6.01. The van der Waals surface area contributed by atoms with Crippen molar-refractivity contribution in [1.29, 1.82) is 0 Å². The van der Waals surface area contributed by atoms with Gasteiger partial charge in [0.1, 0.15) is 5.52 Å². The molecule has 0 radical (unpaired) electrons. The van der Waals surface area contributed by atoms with Gasteiger partial charge in [-0.25, -0.2) is 4.98 Å². The smallest absolute Gasteiger partial charge is 0.215 e. The van der Waals surface area contributed by atoms with Crippen molar-refractivity contribution in [1.82, 2.24) is 14.5 Å². The van der Waals surface area contributed by atoms with Gasteiger partial charge >= 0.3 is 0 Å². The first-order chi connectivity index (χ1) is 9.02. The quantitative estimate of drug-likeness (QED) is 0.895. The van der Waals surface area contributed by atoms with Crippen molar-refractivity contribution in [2.24, 2.45) is 0 Å². The van der Waals surface area contributed by atoms with Crippen LogP contribution >= 0.6 is 0 Å². The first-order valence-electron chi connectivity index (χ1n) is 6.01. The molecule has 0 fully saturated rings. The predicted molar refractivity (Wildman–Crippen MR) is 76.8 cm³/mol. The Morgan fingerprint density at radius 2 is 2.21 bits per heavy atom. The fourth-order valence-electron chi connectivity index (χ4n) is 1.99. The van der Waals surface area contributed by atoms with Crippen LogP contribution in [0.3, 0.4) is 0 Å². The molecule has 2 atom stereocenters. The maximum atomic E-state index is 11.2. The van der Waals surface area contributed by atoms with E-state index in [4.69, 9.17) is 10.5 Å². The highest BCUT2D eigenvalue weighted by Gasteiger charge is 2.16. The molecule has 2 aromatic rings. The zero-order valence-corrected chi connectivity index (χ0v) is 12.1. The molecule has 6 nitrogen and oxygen atoms in total. The number of rotatable bonds is 5. The van der Waals surface area contributed by atoms with Crippen LogP contribution in [0.15, 0.2) is 12.1 Å². The molecule has 2 rings (SSSR count). The Bertz CT molecular complexity index is 611. The van der Waals surface area contributed by atoms with Crippen molar-refractivity contribution >= 4 is 27.9 Å². The van der Waals surface area contributed by atoms with Gasteiger partial charge in [-0.15, -0.1) is 0 Å². The van der Waals surface area contributed by atoms with E-state index in [0.29, 0.717) is 23.2 Å². The molecule has 0 bridgehead atoms. The third kappa shape index (κ3) is 2.86. The van der Waals surface area contributed by atoms with Crippen LogP contribution in [0.4, 0.5) is 5.95 Å². The topological polar surface area (TPSA) is 83.0 Å². The third-order valence-corrected chi connectivity index (χ3v) is 3.82. The third-order valence-electron chi connectivity index (χ3n) is 3.01. The van der Waals surface area contributed by atoms with E-state index < -0.39 is 10.8 Å². The van der Waals surface area contributed by atoms with Crippen LogP contribution in [0, 0.1) is 0 Å². The van der Waals surface area contributed by atoms with Gasteiger partial charge in [-0.1, -0.05) is 0 Å². The maximum absolute atomic E-state index is 11.2. The fraction of sp³-hybridized carbons (Fsp3) is 0.500. The Balaban J connectivity index is 2.40. The molecule has 0 saturated heterocycles. The fourth-order valence-corrected chi connectivity index (χ4v) is 2.66. The van der Waals surface area contributed by atoms with E-state index in [-0.39, 0.29) is 6.04 Å². The minimum Gasteiger partial charge on any atom is -0.481 e. The number of nitrogens with zero attached hydrogens (tertiary/aromatic N) is 3. The molecule has 0 saturated carbocycles. The van der Waals surface area contributed by atoms with E-state index in [9.17, 15) is 4.21 Å². The molecule has 0 aromatic carbocycles. The summed E-state index contributed by atoms with van der Waals surface area (Å²) >= 11 is 0. The van der Waals surface area contributed by atoms with Gasteiger partial charge in [0.15, 0.2) is 5.65 Å². The highest BCUT2D eigenvalue weighted by molar-refractivity contribution is 7.84. The summed E-state index contributed by atoms with van der Waals surface area (Å²) in [6.45, 7) is 2.02. The SMILES string of the molecule is COc1ccc2nc(N)n(C(C)CCS(C)=O)c2n1. The lowest BCUT2D eigenvalue weighted by molar-refractivity contribution is 0.398. The molecule has 2 unspecified atom stereocenters. The number of aromatic nitrogens is 3. The zero-order chi connectivity index (χ0) is 14.0. The van der Waals surface area contributed by atoms with E-state index in [1.54, 1.807) is 19.4 Å². The predicted octanol–water partition coefficient (Wildman–Crippen LogP) is 1.35. The standard InChI is InChI=1S/C12H18N4O2S/c1-8(6-7-19(3)17)16-11-9(14-12(16)13)4-5-10(15-11)18-2/h4-5,8H,6-7H2,1-3H3,(H2,13,14).